The van der Waals surface area contributed by atoms with Crippen LogP contribution in [0, 0.1) is 5.92 Å². The molecule has 1 saturated heterocycles. The third-order valence-corrected chi connectivity index (χ3v) is 4.01. The van der Waals surface area contributed by atoms with E-state index in [1.807, 2.05) is 0 Å². The monoisotopic (exact) mass is 307 g/mol. The molecule has 0 aliphatic carbocycles. The van der Waals surface area contributed by atoms with Gasteiger partial charge in [-0.25, -0.2) is 0 Å². The van der Waals surface area contributed by atoms with Gasteiger partial charge in [0.15, 0.2) is 5.78 Å². The molecule has 2 N–H and O–H groups in total. The number of benzene rings is 1. The molecular weight excluding hydrogens is 282 g/mol. The van der Waals surface area contributed by atoms with Gasteiger partial charge in [0.25, 0.3) is 0 Å². The Labute approximate surface area is 131 Å². The van der Waals surface area contributed by atoms with Crippen molar-refractivity contribution in [1.29, 1.82) is 0 Å². The van der Waals surface area contributed by atoms with Gasteiger partial charge in [0, 0.05) is 25.3 Å². The smallest absolute Gasteiger partial charge is 0.159 e. The second-order valence-electron chi connectivity index (χ2n) is 6.00. The predicted octanol–water partition coefficient (Wildman–Crippen LogP) is 1.33. The number of likely N-dealkylation sites (tertiary alicyclic amines) is 1. The zero-order valence-corrected chi connectivity index (χ0v) is 13.1. The van der Waals surface area contributed by atoms with E-state index in [0.29, 0.717) is 23.8 Å². The summed E-state index contributed by atoms with van der Waals surface area (Å²) in [5.41, 5.74) is 0.605. The Morgan fingerprint density at radius 2 is 2.32 bits per heavy atom. The van der Waals surface area contributed by atoms with Gasteiger partial charge in [0.2, 0.25) is 0 Å². The Morgan fingerprint density at radius 3 is 3.05 bits per heavy atom. The number of ketones is 1. The first-order valence-corrected chi connectivity index (χ1v) is 7.83. The van der Waals surface area contributed by atoms with E-state index in [2.05, 4.69) is 4.90 Å². The van der Waals surface area contributed by atoms with Gasteiger partial charge < -0.3 is 19.8 Å². The molecule has 0 bridgehead atoms. The fourth-order valence-electron chi connectivity index (χ4n) is 2.81. The van der Waals surface area contributed by atoms with Gasteiger partial charge >= 0.3 is 0 Å². The minimum atomic E-state index is -0.585. The fourth-order valence-corrected chi connectivity index (χ4v) is 2.81. The highest BCUT2D eigenvalue weighted by atomic mass is 16.5. The molecule has 122 valence electrons. The summed E-state index contributed by atoms with van der Waals surface area (Å²) in [5, 5.41) is 19.3. The van der Waals surface area contributed by atoms with Crippen molar-refractivity contribution >= 4 is 5.78 Å². The van der Waals surface area contributed by atoms with Crippen molar-refractivity contribution in [2.75, 3.05) is 32.8 Å². The number of rotatable bonds is 7. The van der Waals surface area contributed by atoms with Gasteiger partial charge in [0.1, 0.15) is 18.5 Å². The van der Waals surface area contributed by atoms with Crippen LogP contribution in [0.25, 0.3) is 0 Å². The lowest BCUT2D eigenvalue weighted by Crippen LogP contribution is -2.42. The van der Waals surface area contributed by atoms with Crippen LogP contribution >= 0.6 is 0 Å². The molecule has 1 aromatic rings. The molecule has 0 spiro atoms. The summed E-state index contributed by atoms with van der Waals surface area (Å²) in [4.78, 5) is 13.5. The second kappa shape index (κ2) is 8.27. The van der Waals surface area contributed by atoms with Crippen LogP contribution in [-0.4, -0.2) is 59.8 Å². The summed E-state index contributed by atoms with van der Waals surface area (Å²) in [6.45, 7) is 4.24. The van der Waals surface area contributed by atoms with Crippen LogP contribution in [0.1, 0.15) is 30.1 Å². The number of hydrogen-bond acceptors (Lipinski definition) is 5. The second-order valence-corrected chi connectivity index (χ2v) is 6.00. The van der Waals surface area contributed by atoms with E-state index < -0.39 is 6.10 Å². The molecule has 0 unspecified atom stereocenters. The van der Waals surface area contributed by atoms with Gasteiger partial charge in [-0.2, -0.15) is 0 Å². The van der Waals surface area contributed by atoms with Crippen molar-refractivity contribution in [3.8, 4) is 5.75 Å². The first kappa shape index (κ1) is 16.9. The van der Waals surface area contributed by atoms with Crippen molar-refractivity contribution in [2.45, 2.75) is 25.9 Å². The number of hydrogen-bond donors (Lipinski definition) is 2. The van der Waals surface area contributed by atoms with Crippen LogP contribution in [0.5, 0.6) is 5.75 Å². The molecule has 5 heteroatoms. The van der Waals surface area contributed by atoms with Crippen LogP contribution in [-0.2, 0) is 0 Å². The topological polar surface area (TPSA) is 70.0 Å². The van der Waals surface area contributed by atoms with Crippen molar-refractivity contribution < 1.29 is 19.7 Å². The molecule has 2 atom stereocenters. The molecule has 0 amide bonds. The van der Waals surface area contributed by atoms with Crippen LogP contribution in [0.3, 0.4) is 0 Å². The number of β-amino-alcohol motifs (C(OH)–C–C–N with tert-alkyl or cyclic N) is 1. The fraction of sp³-hybridized carbons (Fsp3) is 0.588. The van der Waals surface area contributed by atoms with E-state index in [4.69, 9.17) is 4.74 Å². The van der Waals surface area contributed by atoms with E-state index in [1.54, 1.807) is 24.3 Å². The van der Waals surface area contributed by atoms with Crippen LogP contribution < -0.4 is 4.74 Å². The molecular formula is C17H25NO4. The highest BCUT2D eigenvalue weighted by molar-refractivity contribution is 5.94. The number of aliphatic hydroxyl groups excluding tert-OH is 2. The van der Waals surface area contributed by atoms with Crippen molar-refractivity contribution in [3.05, 3.63) is 29.8 Å². The summed E-state index contributed by atoms with van der Waals surface area (Å²) in [5.74, 6) is 0.905. The lowest BCUT2D eigenvalue weighted by atomic mass is 9.99. The zero-order chi connectivity index (χ0) is 15.9. The summed E-state index contributed by atoms with van der Waals surface area (Å²) >= 11 is 0. The van der Waals surface area contributed by atoms with Gasteiger partial charge in [-0.3, -0.25) is 4.79 Å². The number of ether oxygens (including phenoxy) is 1. The number of Topliss-reactive ketones (excluding diaryl/α,β-unsaturated/α-hetero) is 1. The van der Waals surface area contributed by atoms with Crippen molar-refractivity contribution in [3.63, 3.8) is 0 Å². The minimum absolute atomic E-state index is 0.00522. The van der Waals surface area contributed by atoms with Gasteiger partial charge in [-0.15, -0.1) is 0 Å². The lowest BCUT2D eigenvalue weighted by Gasteiger charge is -2.33. The highest BCUT2D eigenvalue weighted by Gasteiger charge is 2.21. The molecule has 1 aromatic carbocycles. The number of carbonyl (C=O) groups excluding carboxylic acids is 1. The molecule has 1 fully saturated rings. The normalized spacial score (nSPS) is 20.6. The molecule has 0 saturated carbocycles. The molecule has 1 aliphatic heterocycles. The Morgan fingerprint density at radius 1 is 1.50 bits per heavy atom. The maximum Gasteiger partial charge on any atom is 0.159 e. The summed E-state index contributed by atoms with van der Waals surface area (Å²) in [6, 6.07) is 6.99. The Bertz CT molecular complexity index is 491. The molecule has 0 radical (unpaired) electrons. The first-order valence-electron chi connectivity index (χ1n) is 7.83. The third-order valence-electron chi connectivity index (χ3n) is 4.01. The molecule has 0 aromatic heterocycles. The minimum Gasteiger partial charge on any atom is -0.491 e. The number of piperidine rings is 1. The average Bonchev–Trinajstić information content (AvgIpc) is 2.53. The first-order chi connectivity index (χ1) is 10.6. The van der Waals surface area contributed by atoms with Crippen LogP contribution in [0.15, 0.2) is 24.3 Å². The zero-order valence-electron chi connectivity index (χ0n) is 13.1. The van der Waals surface area contributed by atoms with Gasteiger partial charge in [-0.1, -0.05) is 12.1 Å². The molecule has 1 heterocycles. The molecule has 2 rings (SSSR count). The summed E-state index contributed by atoms with van der Waals surface area (Å²) in [7, 11) is 0. The number of carbonyl (C=O) groups is 1. The van der Waals surface area contributed by atoms with E-state index in [0.717, 1.165) is 25.9 Å². The average molecular weight is 307 g/mol. The molecule has 22 heavy (non-hydrogen) atoms. The SMILES string of the molecule is CC(=O)c1cccc(OC[C@@H](O)CN2CCC[C@@H](CO)C2)c1. The summed E-state index contributed by atoms with van der Waals surface area (Å²) < 4.78 is 5.58. The van der Waals surface area contributed by atoms with E-state index in [9.17, 15) is 15.0 Å². The maximum absolute atomic E-state index is 11.3. The lowest BCUT2D eigenvalue weighted by molar-refractivity contribution is 0.0431. The molecule has 5 nitrogen and oxygen atoms in total. The largest absolute Gasteiger partial charge is 0.491 e. The van der Waals surface area contributed by atoms with E-state index in [-0.39, 0.29) is 19.0 Å². The Balaban J connectivity index is 1.78. The van der Waals surface area contributed by atoms with E-state index in [1.165, 1.54) is 6.92 Å². The standard InChI is InChI=1S/C17H25NO4/c1-13(20)15-5-2-6-17(8-15)22-12-16(21)10-18-7-3-4-14(9-18)11-19/h2,5-6,8,14,16,19,21H,3-4,7,9-12H2,1H3/t14-,16+/m1/s1. The Kier molecular flexibility index (Phi) is 6.36. The third kappa shape index (κ3) is 5.09. The number of aliphatic hydroxyl groups is 2. The van der Waals surface area contributed by atoms with Crippen molar-refractivity contribution in [1.82, 2.24) is 4.90 Å². The van der Waals surface area contributed by atoms with Crippen LogP contribution in [0.4, 0.5) is 0 Å². The molecule has 1 aliphatic rings. The van der Waals surface area contributed by atoms with Crippen LogP contribution in [0.2, 0.25) is 0 Å². The number of nitrogens with zero attached hydrogens (tertiary/aromatic N) is 1. The van der Waals surface area contributed by atoms with Gasteiger partial charge in [-0.05, 0) is 44.4 Å². The van der Waals surface area contributed by atoms with Crippen molar-refractivity contribution in [2.24, 2.45) is 5.92 Å². The van der Waals surface area contributed by atoms with Gasteiger partial charge in [0.05, 0.1) is 0 Å². The summed E-state index contributed by atoms with van der Waals surface area (Å²) in [6.07, 6.45) is 1.52. The Hall–Kier alpha value is -1.43. The maximum atomic E-state index is 11.3. The van der Waals surface area contributed by atoms with E-state index >= 15 is 0 Å². The highest BCUT2D eigenvalue weighted by Crippen LogP contribution is 2.17. The quantitative estimate of drug-likeness (QED) is 0.744. The predicted molar refractivity (Wildman–Crippen MR) is 84.2 cm³/mol.